The monoisotopic (exact) mass is 474 g/mol. The van der Waals surface area contributed by atoms with E-state index in [2.05, 4.69) is 10.6 Å². The van der Waals surface area contributed by atoms with Gasteiger partial charge in [0.25, 0.3) is 5.91 Å². The van der Waals surface area contributed by atoms with Crippen LogP contribution >= 0.6 is 0 Å². The third kappa shape index (κ3) is 3.79. The van der Waals surface area contributed by atoms with Crippen molar-refractivity contribution in [1.82, 2.24) is 0 Å². The van der Waals surface area contributed by atoms with Crippen molar-refractivity contribution in [2.45, 2.75) is 12.8 Å². The predicted molar refractivity (Wildman–Crippen MR) is 139 cm³/mol. The summed E-state index contributed by atoms with van der Waals surface area (Å²) in [4.78, 5) is 27.1. The molecule has 2 amide bonds. The molecule has 36 heavy (non-hydrogen) atoms. The van der Waals surface area contributed by atoms with Crippen molar-refractivity contribution in [3.63, 3.8) is 0 Å². The molecule has 2 N–H and O–H groups in total. The first-order valence-corrected chi connectivity index (χ1v) is 11.6. The quantitative estimate of drug-likeness (QED) is 0.298. The zero-order valence-electron chi connectivity index (χ0n) is 19.4. The van der Waals surface area contributed by atoms with Gasteiger partial charge in [0.1, 0.15) is 22.8 Å². The molecular weight excluding hydrogens is 452 g/mol. The lowest BCUT2D eigenvalue weighted by molar-refractivity contribution is -0.116. The number of fused-ring (bicyclic) bond motifs is 3. The van der Waals surface area contributed by atoms with Crippen LogP contribution in [0.1, 0.15) is 33.2 Å². The summed E-state index contributed by atoms with van der Waals surface area (Å²) in [5, 5.41) is 6.53. The normalized spacial score (nSPS) is 12.4. The van der Waals surface area contributed by atoms with Crippen LogP contribution in [-0.2, 0) is 4.79 Å². The maximum Gasteiger partial charge on any atom is 0.293 e. The fourth-order valence-electron chi connectivity index (χ4n) is 4.54. The molecule has 0 fully saturated rings. The van der Waals surface area contributed by atoms with Gasteiger partial charge in [-0.15, -0.1) is 0 Å². The molecule has 2 heterocycles. The lowest BCUT2D eigenvalue weighted by Crippen LogP contribution is -2.26. The summed E-state index contributed by atoms with van der Waals surface area (Å²) in [5.41, 5.74) is 4.08. The van der Waals surface area contributed by atoms with E-state index in [4.69, 9.17) is 9.15 Å². The van der Waals surface area contributed by atoms with Crippen molar-refractivity contribution in [2.75, 3.05) is 10.6 Å². The van der Waals surface area contributed by atoms with E-state index in [1.54, 1.807) is 6.07 Å². The van der Waals surface area contributed by atoms with Gasteiger partial charge in [0, 0.05) is 22.2 Å². The Labute approximate surface area is 207 Å². The highest BCUT2D eigenvalue weighted by molar-refractivity contribution is 6.15. The molecule has 0 aliphatic carbocycles. The molecule has 5 aromatic rings. The van der Waals surface area contributed by atoms with Gasteiger partial charge < -0.3 is 19.8 Å². The molecule has 6 nitrogen and oxygen atoms in total. The molecule has 1 aliphatic rings. The van der Waals surface area contributed by atoms with Crippen molar-refractivity contribution in [2.24, 2.45) is 0 Å². The lowest BCUT2D eigenvalue weighted by atomic mass is 9.87. The van der Waals surface area contributed by atoms with Gasteiger partial charge in [-0.2, -0.15) is 0 Å². The molecule has 0 radical (unpaired) electrons. The summed E-state index contributed by atoms with van der Waals surface area (Å²) < 4.78 is 12.0. The average molecular weight is 475 g/mol. The molecule has 1 aromatic heterocycles. The molecule has 0 saturated carbocycles. The van der Waals surface area contributed by atoms with Gasteiger partial charge in [0.05, 0.1) is 5.92 Å². The molecule has 0 spiro atoms. The Balaban J connectivity index is 1.40. The number of carbonyl (C=O) groups excluding carboxylic acids is 2. The molecule has 0 saturated heterocycles. The Bertz CT molecular complexity index is 1570. The molecule has 6 rings (SSSR count). The van der Waals surface area contributed by atoms with E-state index in [1.165, 1.54) is 0 Å². The van der Waals surface area contributed by atoms with E-state index >= 15 is 0 Å². The minimum atomic E-state index is -0.618. The first kappa shape index (κ1) is 21.7. The minimum absolute atomic E-state index is 0.0405. The first-order valence-electron chi connectivity index (χ1n) is 11.6. The second-order valence-corrected chi connectivity index (χ2v) is 8.72. The van der Waals surface area contributed by atoms with E-state index < -0.39 is 11.8 Å². The van der Waals surface area contributed by atoms with Gasteiger partial charge in [-0.1, -0.05) is 66.2 Å². The summed E-state index contributed by atoms with van der Waals surface area (Å²) in [6, 6.07) is 29.7. The summed E-state index contributed by atoms with van der Waals surface area (Å²) in [6.07, 6.45) is 0. The zero-order valence-corrected chi connectivity index (χ0v) is 19.4. The number of amides is 2. The van der Waals surface area contributed by atoms with Crippen LogP contribution < -0.4 is 15.4 Å². The second kappa shape index (κ2) is 8.74. The number of benzene rings is 4. The smallest absolute Gasteiger partial charge is 0.293 e. The fourth-order valence-corrected chi connectivity index (χ4v) is 4.54. The van der Waals surface area contributed by atoms with Gasteiger partial charge in [-0.3, -0.25) is 9.59 Å². The summed E-state index contributed by atoms with van der Waals surface area (Å²) >= 11 is 0. The van der Waals surface area contributed by atoms with Crippen LogP contribution in [-0.4, -0.2) is 11.8 Å². The standard InChI is InChI=1S/C30H22N2O4/c1-18-14-16-19(17-15-18)31-30(34)28-27(22-10-4-7-13-25(22)36-28)32-29(33)26-20-8-2-5-11-23(20)35-24-12-6-3-9-21(24)26/h2-17,26H,1H3,(H,31,34)(H,32,33). The van der Waals surface area contributed by atoms with Crippen molar-refractivity contribution in [3.05, 3.63) is 120 Å². The second-order valence-electron chi connectivity index (χ2n) is 8.72. The van der Waals surface area contributed by atoms with Crippen LogP contribution in [0, 0.1) is 6.92 Å². The molecule has 176 valence electrons. The number of carbonyl (C=O) groups is 2. The van der Waals surface area contributed by atoms with Gasteiger partial charge in [0.15, 0.2) is 0 Å². The number of hydrogen-bond donors (Lipinski definition) is 2. The highest BCUT2D eigenvalue weighted by Gasteiger charge is 2.34. The van der Waals surface area contributed by atoms with E-state index in [0.717, 1.165) is 16.7 Å². The van der Waals surface area contributed by atoms with Crippen molar-refractivity contribution >= 4 is 34.2 Å². The van der Waals surface area contributed by atoms with Crippen LogP contribution in [0.15, 0.2) is 101 Å². The van der Waals surface area contributed by atoms with E-state index in [-0.39, 0.29) is 11.7 Å². The van der Waals surface area contributed by atoms with Crippen molar-refractivity contribution in [3.8, 4) is 11.5 Å². The molecule has 1 aliphatic heterocycles. The SMILES string of the molecule is Cc1ccc(NC(=O)c2oc3ccccc3c2NC(=O)C2c3ccccc3Oc3ccccc32)cc1. The largest absolute Gasteiger partial charge is 0.457 e. The number of para-hydroxylation sites is 3. The van der Waals surface area contributed by atoms with Crippen LogP contribution in [0.2, 0.25) is 0 Å². The van der Waals surface area contributed by atoms with E-state index in [9.17, 15) is 9.59 Å². The van der Waals surface area contributed by atoms with Crippen molar-refractivity contribution in [1.29, 1.82) is 0 Å². The van der Waals surface area contributed by atoms with Gasteiger partial charge in [-0.25, -0.2) is 0 Å². The topological polar surface area (TPSA) is 80.6 Å². The number of hydrogen-bond acceptors (Lipinski definition) is 4. The summed E-state index contributed by atoms with van der Waals surface area (Å²) in [5.74, 6) is -0.0460. The molecule has 6 heteroatoms. The number of anilines is 2. The average Bonchev–Trinajstić information content (AvgIpc) is 3.27. The van der Waals surface area contributed by atoms with Gasteiger partial charge in [-0.05, 0) is 43.3 Å². The molecule has 0 bridgehead atoms. The maximum absolute atomic E-state index is 13.9. The Kier molecular flexibility index (Phi) is 5.26. The van der Waals surface area contributed by atoms with Crippen LogP contribution in [0.5, 0.6) is 11.5 Å². The molecule has 0 atom stereocenters. The van der Waals surface area contributed by atoms with Crippen LogP contribution in [0.4, 0.5) is 11.4 Å². The number of nitrogens with one attached hydrogen (secondary N) is 2. The molecule has 4 aromatic carbocycles. The Morgan fingerprint density at radius 1 is 0.722 bits per heavy atom. The molecular formula is C30H22N2O4. The third-order valence-electron chi connectivity index (χ3n) is 6.30. The maximum atomic E-state index is 13.9. The van der Waals surface area contributed by atoms with Crippen LogP contribution in [0.25, 0.3) is 11.0 Å². The Morgan fingerprint density at radius 2 is 1.33 bits per heavy atom. The van der Waals surface area contributed by atoms with Gasteiger partial charge in [0.2, 0.25) is 11.7 Å². The lowest BCUT2D eigenvalue weighted by Gasteiger charge is -2.27. The minimum Gasteiger partial charge on any atom is -0.457 e. The fraction of sp³-hybridized carbons (Fsp3) is 0.0667. The first-order chi connectivity index (χ1) is 17.6. The summed E-state index contributed by atoms with van der Waals surface area (Å²) in [7, 11) is 0. The predicted octanol–water partition coefficient (Wildman–Crippen LogP) is 6.87. The van der Waals surface area contributed by atoms with Gasteiger partial charge >= 0.3 is 0 Å². The zero-order chi connectivity index (χ0) is 24.6. The highest BCUT2D eigenvalue weighted by atomic mass is 16.5. The molecule has 0 unspecified atom stereocenters. The Morgan fingerprint density at radius 3 is 2.03 bits per heavy atom. The van der Waals surface area contributed by atoms with Crippen LogP contribution in [0.3, 0.4) is 0 Å². The summed E-state index contributed by atoms with van der Waals surface area (Å²) in [6.45, 7) is 1.98. The number of furan rings is 1. The number of rotatable bonds is 4. The Hall–Kier alpha value is -4.84. The van der Waals surface area contributed by atoms with Crippen molar-refractivity contribution < 1.29 is 18.7 Å². The van der Waals surface area contributed by atoms with E-state index in [1.807, 2.05) is 97.9 Å². The van der Waals surface area contributed by atoms with E-state index in [0.29, 0.717) is 33.8 Å². The third-order valence-corrected chi connectivity index (χ3v) is 6.30. The number of ether oxygens (including phenoxy) is 1. The number of aryl methyl sites for hydroxylation is 1. The highest BCUT2D eigenvalue weighted by Crippen LogP contribution is 2.45.